The Labute approximate surface area is 169 Å². The number of carbonyl (C=O) groups is 1. The highest BCUT2D eigenvalue weighted by atomic mass is 32.2. The third-order valence-electron chi connectivity index (χ3n) is 3.95. The number of rotatable bonds is 6. The quantitative estimate of drug-likeness (QED) is 0.470. The van der Waals surface area contributed by atoms with E-state index in [1.165, 1.54) is 12.1 Å². The van der Waals surface area contributed by atoms with Gasteiger partial charge in [0.25, 0.3) is 5.56 Å². The largest absolute Gasteiger partial charge is 0.497 e. The molecule has 0 radical (unpaired) electrons. The van der Waals surface area contributed by atoms with Gasteiger partial charge in [-0.15, -0.1) is 0 Å². The summed E-state index contributed by atoms with van der Waals surface area (Å²) in [7, 11) is 1.56. The number of amides is 1. The molecule has 0 aliphatic rings. The fourth-order valence-electron chi connectivity index (χ4n) is 2.44. The van der Waals surface area contributed by atoms with E-state index in [4.69, 9.17) is 4.74 Å². The first-order valence-electron chi connectivity index (χ1n) is 8.54. The Kier molecular flexibility index (Phi) is 6.28. The number of nitrogens with one attached hydrogen (secondary N) is 2. The Morgan fingerprint density at radius 1 is 1.14 bits per heavy atom. The molecule has 1 unspecified atom stereocenters. The van der Waals surface area contributed by atoms with Crippen molar-refractivity contribution >= 4 is 23.4 Å². The third-order valence-corrected chi connectivity index (χ3v) is 4.93. The molecule has 0 aliphatic heterocycles. The Bertz CT molecular complexity index is 1090. The molecule has 9 heteroatoms. The number of ether oxygens (including phenoxy) is 1. The fourth-order valence-corrected chi connectivity index (χ4v) is 3.25. The van der Waals surface area contributed by atoms with Crippen molar-refractivity contribution in [3.8, 4) is 17.0 Å². The van der Waals surface area contributed by atoms with E-state index in [9.17, 15) is 18.4 Å². The van der Waals surface area contributed by atoms with E-state index in [1.54, 1.807) is 38.3 Å². The average molecular weight is 417 g/mol. The minimum atomic E-state index is -1.05. The van der Waals surface area contributed by atoms with E-state index < -0.39 is 22.8 Å². The molecule has 0 bridgehead atoms. The molecule has 6 nitrogen and oxygen atoms in total. The topological polar surface area (TPSA) is 84.1 Å². The van der Waals surface area contributed by atoms with Gasteiger partial charge in [0.15, 0.2) is 16.8 Å². The van der Waals surface area contributed by atoms with Gasteiger partial charge in [0, 0.05) is 23.4 Å². The number of anilines is 1. The van der Waals surface area contributed by atoms with Crippen LogP contribution in [0.2, 0.25) is 0 Å². The first-order chi connectivity index (χ1) is 13.9. The number of aromatic nitrogens is 2. The summed E-state index contributed by atoms with van der Waals surface area (Å²) in [6.45, 7) is 1.61. The van der Waals surface area contributed by atoms with Crippen molar-refractivity contribution in [2.24, 2.45) is 0 Å². The minimum Gasteiger partial charge on any atom is -0.497 e. The molecule has 0 fully saturated rings. The second kappa shape index (κ2) is 8.87. The molecule has 1 heterocycles. The van der Waals surface area contributed by atoms with E-state index in [0.717, 1.165) is 29.5 Å². The number of hydrogen-bond donors (Lipinski definition) is 2. The van der Waals surface area contributed by atoms with Crippen molar-refractivity contribution < 1.29 is 18.3 Å². The van der Waals surface area contributed by atoms with Crippen molar-refractivity contribution in [3.05, 3.63) is 70.5 Å². The van der Waals surface area contributed by atoms with Crippen LogP contribution in [0.5, 0.6) is 5.75 Å². The lowest BCUT2D eigenvalue weighted by Gasteiger charge is -2.12. The summed E-state index contributed by atoms with van der Waals surface area (Å²) in [4.78, 5) is 31.3. The van der Waals surface area contributed by atoms with Gasteiger partial charge in [-0.1, -0.05) is 11.8 Å². The number of methoxy groups -OCH3 is 1. The van der Waals surface area contributed by atoms with E-state index in [0.29, 0.717) is 11.4 Å². The molecular formula is C20H17F2N3O3S. The Morgan fingerprint density at radius 3 is 2.52 bits per heavy atom. The van der Waals surface area contributed by atoms with Crippen LogP contribution in [0.4, 0.5) is 14.5 Å². The number of hydrogen-bond acceptors (Lipinski definition) is 5. The van der Waals surface area contributed by atoms with Crippen LogP contribution >= 0.6 is 11.8 Å². The van der Waals surface area contributed by atoms with Crippen LogP contribution in [0.15, 0.2) is 58.5 Å². The molecule has 2 aromatic carbocycles. The van der Waals surface area contributed by atoms with Gasteiger partial charge in [0.05, 0.1) is 18.1 Å². The zero-order valence-electron chi connectivity index (χ0n) is 15.5. The molecule has 1 atom stereocenters. The summed E-state index contributed by atoms with van der Waals surface area (Å²) in [5.74, 6) is -1.82. The van der Waals surface area contributed by atoms with Crippen molar-refractivity contribution in [2.45, 2.75) is 17.3 Å². The maximum Gasteiger partial charge on any atom is 0.252 e. The number of thioether (sulfide) groups is 1. The fraction of sp³-hybridized carbons (Fsp3) is 0.150. The van der Waals surface area contributed by atoms with Crippen LogP contribution in [0.3, 0.4) is 0 Å². The van der Waals surface area contributed by atoms with Gasteiger partial charge in [-0.25, -0.2) is 13.8 Å². The SMILES string of the molecule is COc1ccc(-c2cc(=O)[nH]c(SC(C)C(=O)Nc3ccc(F)c(F)c3)n2)cc1. The zero-order chi connectivity index (χ0) is 21.0. The number of nitrogens with zero attached hydrogens (tertiary/aromatic N) is 1. The summed E-state index contributed by atoms with van der Waals surface area (Å²) in [5, 5.41) is 2.11. The Hall–Kier alpha value is -3.20. The lowest BCUT2D eigenvalue weighted by Crippen LogP contribution is -2.23. The predicted molar refractivity (Wildman–Crippen MR) is 107 cm³/mol. The van der Waals surface area contributed by atoms with Crippen LogP contribution < -0.4 is 15.6 Å². The van der Waals surface area contributed by atoms with E-state index in [1.807, 2.05) is 0 Å². The molecular weight excluding hydrogens is 400 g/mol. The lowest BCUT2D eigenvalue weighted by atomic mass is 10.1. The first-order valence-corrected chi connectivity index (χ1v) is 9.42. The molecule has 0 spiro atoms. The molecule has 3 aromatic rings. The maximum absolute atomic E-state index is 13.3. The van der Waals surface area contributed by atoms with E-state index in [2.05, 4.69) is 15.3 Å². The maximum atomic E-state index is 13.3. The molecule has 1 amide bonds. The van der Waals surface area contributed by atoms with E-state index >= 15 is 0 Å². The number of aromatic amines is 1. The van der Waals surface area contributed by atoms with Crippen LogP contribution in [-0.2, 0) is 4.79 Å². The van der Waals surface area contributed by atoms with Gasteiger partial charge in [-0.3, -0.25) is 9.59 Å². The number of halogens is 2. The van der Waals surface area contributed by atoms with Gasteiger partial charge in [-0.05, 0) is 43.3 Å². The highest BCUT2D eigenvalue weighted by Gasteiger charge is 2.17. The molecule has 29 heavy (non-hydrogen) atoms. The number of carbonyl (C=O) groups excluding carboxylic acids is 1. The minimum absolute atomic E-state index is 0.134. The van der Waals surface area contributed by atoms with Crippen molar-refractivity contribution in [2.75, 3.05) is 12.4 Å². The monoisotopic (exact) mass is 417 g/mol. The smallest absolute Gasteiger partial charge is 0.252 e. The second-order valence-electron chi connectivity index (χ2n) is 6.04. The van der Waals surface area contributed by atoms with Gasteiger partial charge in [-0.2, -0.15) is 0 Å². The van der Waals surface area contributed by atoms with Crippen molar-refractivity contribution in [3.63, 3.8) is 0 Å². The molecule has 0 aliphatic carbocycles. The van der Waals surface area contributed by atoms with Gasteiger partial charge >= 0.3 is 0 Å². The summed E-state index contributed by atoms with van der Waals surface area (Å²) in [6.07, 6.45) is 0. The highest BCUT2D eigenvalue weighted by Crippen LogP contribution is 2.24. The number of H-pyrrole nitrogens is 1. The predicted octanol–water partition coefficient (Wildman–Crippen LogP) is 3.84. The summed E-state index contributed by atoms with van der Waals surface area (Å²) in [6, 6.07) is 11.5. The van der Waals surface area contributed by atoms with Gasteiger partial charge in [0.1, 0.15) is 5.75 Å². The summed E-state index contributed by atoms with van der Waals surface area (Å²) in [5.41, 5.74) is 0.945. The van der Waals surface area contributed by atoms with Crippen LogP contribution in [-0.4, -0.2) is 28.2 Å². The Balaban J connectivity index is 1.74. The summed E-state index contributed by atoms with van der Waals surface area (Å²) < 4.78 is 31.4. The van der Waals surface area contributed by atoms with Gasteiger partial charge in [0.2, 0.25) is 5.91 Å². The van der Waals surface area contributed by atoms with Crippen molar-refractivity contribution in [1.82, 2.24) is 9.97 Å². The van der Waals surface area contributed by atoms with E-state index in [-0.39, 0.29) is 16.4 Å². The third kappa shape index (κ3) is 5.20. The molecule has 150 valence electrons. The molecule has 1 aromatic heterocycles. The zero-order valence-corrected chi connectivity index (χ0v) is 16.3. The highest BCUT2D eigenvalue weighted by molar-refractivity contribution is 8.00. The Morgan fingerprint density at radius 2 is 1.86 bits per heavy atom. The molecule has 0 saturated carbocycles. The molecule has 2 N–H and O–H groups in total. The normalized spacial score (nSPS) is 11.7. The summed E-state index contributed by atoms with van der Waals surface area (Å²) >= 11 is 1.04. The van der Waals surface area contributed by atoms with Crippen LogP contribution in [0, 0.1) is 11.6 Å². The molecule has 0 saturated heterocycles. The second-order valence-corrected chi connectivity index (χ2v) is 7.37. The van der Waals surface area contributed by atoms with Crippen molar-refractivity contribution in [1.29, 1.82) is 0 Å². The lowest BCUT2D eigenvalue weighted by molar-refractivity contribution is -0.115. The van der Waals surface area contributed by atoms with Crippen LogP contribution in [0.1, 0.15) is 6.92 Å². The first kappa shape index (κ1) is 20.5. The number of benzene rings is 2. The molecule has 3 rings (SSSR count). The average Bonchev–Trinajstić information content (AvgIpc) is 2.70. The standard InChI is InChI=1S/C20H17F2N3O3S/c1-11(19(27)23-13-5-8-15(21)16(22)9-13)29-20-24-17(10-18(26)25-20)12-3-6-14(28-2)7-4-12/h3-11H,1-2H3,(H,23,27)(H,24,25,26). The van der Waals surface area contributed by atoms with Gasteiger partial charge < -0.3 is 15.0 Å². The van der Waals surface area contributed by atoms with Crippen LogP contribution in [0.25, 0.3) is 11.3 Å².